The molecule has 3 aliphatic rings. The first kappa shape index (κ1) is 25.7. The summed E-state index contributed by atoms with van der Waals surface area (Å²) in [5.41, 5.74) is -2.54. The first-order chi connectivity index (χ1) is 16.4. The zero-order valence-electron chi connectivity index (χ0n) is 18.3. The van der Waals surface area contributed by atoms with Crippen LogP contribution in [0.5, 0.6) is 5.75 Å². The fourth-order valence-electron chi connectivity index (χ4n) is 5.31. The lowest BCUT2D eigenvalue weighted by molar-refractivity contribution is -0.145. The highest BCUT2D eigenvalue weighted by molar-refractivity contribution is 7.88. The number of aliphatic hydroxyl groups excluding tert-OH is 2. The highest BCUT2D eigenvalue weighted by atomic mass is 32.2. The minimum Gasteiger partial charge on any atom is -0.510 e. The van der Waals surface area contributed by atoms with Crippen molar-refractivity contribution in [2.24, 2.45) is 17.6 Å². The molecule has 0 saturated carbocycles. The molecule has 4 atom stereocenters. The Morgan fingerprint density at radius 1 is 1.19 bits per heavy atom. The fraction of sp³-hybridized carbons (Fsp3) is 0.381. The Labute approximate surface area is 200 Å². The van der Waals surface area contributed by atoms with Crippen molar-refractivity contribution in [3.05, 3.63) is 51.5 Å². The van der Waals surface area contributed by atoms with Crippen molar-refractivity contribution < 1.29 is 56.4 Å². The van der Waals surface area contributed by atoms with Gasteiger partial charge in [-0.25, -0.2) is 13.1 Å². The summed E-state index contributed by atoms with van der Waals surface area (Å²) in [5, 5.41) is 43.0. The molecule has 15 heteroatoms. The van der Waals surface area contributed by atoms with Crippen molar-refractivity contribution in [3.63, 3.8) is 0 Å². The lowest BCUT2D eigenvalue weighted by Crippen LogP contribution is -2.64. The molecule has 1 aromatic rings. The van der Waals surface area contributed by atoms with Gasteiger partial charge in [0, 0.05) is 11.5 Å². The van der Waals surface area contributed by atoms with Gasteiger partial charge in [0.05, 0.1) is 23.4 Å². The number of carbonyl (C=O) groups excluding carboxylic acids is 3. The van der Waals surface area contributed by atoms with E-state index in [0.717, 1.165) is 0 Å². The van der Waals surface area contributed by atoms with E-state index in [9.17, 15) is 56.4 Å². The van der Waals surface area contributed by atoms with Gasteiger partial charge in [0.2, 0.25) is 15.8 Å². The van der Waals surface area contributed by atoms with Gasteiger partial charge in [-0.2, -0.15) is 13.2 Å². The number of benzene rings is 1. The second-order valence-corrected chi connectivity index (χ2v) is 10.7. The number of carbonyl (C=O) groups is 3. The number of alkyl halides is 3. The van der Waals surface area contributed by atoms with E-state index in [1.807, 2.05) is 4.72 Å². The predicted molar refractivity (Wildman–Crippen MR) is 113 cm³/mol. The molecule has 7 N–H and O–H groups in total. The molecular formula is C21H19F3N2O9S. The summed E-state index contributed by atoms with van der Waals surface area (Å²) in [5.74, 6) is -10.9. The first-order valence-corrected chi connectivity index (χ1v) is 12.2. The number of fused-ring (bicyclic) bond motifs is 3. The molecule has 1 amide bonds. The number of hydrogen-bond donors (Lipinski definition) is 6. The van der Waals surface area contributed by atoms with Crippen molar-refractivity contribution >= 4 is 27.5 Å². The number of primary amides is 1. The first-order valence-electron chi connectivity index (χ1n) is 10.3. The molecule has 0 radical (unpaired) electrons. The largest absolute Gasteiger partial charge is 0.510 e. The molecular weight excluding hydrogens is 513 g/mol. The van der Waals surface area contributed by atoms with E-state index in [4.69, 9.17) is 5.73 Å². The number of halogens is 3. The van der Waals surface area contributed by atoms with Crippen LogP contribution in [0.1, 0.15) is 27.9 Å². The van der Waals surface area contributed by atoms with Gasteiger partial charge in [0.1, 0.15) is 22.8 Å². The van der Waals surface area contributed by atoms with Crippen molar-refractivity contribution in [2.45, 2.75) is 30.7 Å². The highest BCUT2D eigenvalue weighted by Gasteiger charge is 2.63. The second-order valence-electron chi connectivity index (χ2n) is 8.91. The van der Waals surface area contributed by atoms with Gasteiger partial charge in [0.25, 0.3) is 5.91 Å². The number of phenols is 1. The third kappa shape index (κ3) is 3.57. The Balaban J connectivity index is 1.99. The van der Waals surface area contributed by atoms with E-state index in [2.05, 4.69) is 0 Å². The Kier molecular flexibility index (Phi) is 5.55. The fourth-order valence-corrected chi connectivity index (χ4v) is 6.05. The molecule has 11 nitrogen and oxygen atoms in total. The van der Waals surface area contributed by atoms with Crippen LogP contribution in [0.25, 0.3) is 0 Å². The summed E-state index contributed by atoms with van der Waals surface area (Å²) in [6.45, 7) is 0. The van der Waals surface area contributed by atoms with Crippen LogP contribution in [-0.4, -0.2) is 64.2 Å². The third-order valence-electron chi connectivity index (χ3n) is 6.73. The molecule has 0 saturated heterocycles. The molecule has 4 rings (SSSR count). The van der Waals surface area contributed by atoms with Gasteiger partial charge in [-0.1, -0.05) is 0 Å². The van der Waals surface area contributed by atoms with Crippen LogP contribution in [0.4, 0.5) is 13.2 Å². The van der Waals surface area contributed by atoms with Gasteiger partial charge < -0.3 is 26.2 Å². The molecule has 36 heavy (non-hydrogen) atoms. The minimum atomic E-state index is -4.92. The summed E-state index contributed by atoms with van der Waals surface area (Å²) in [6, 6.07) is -0.695. The lowest BCUT2D eigenvalue weighted by atomic mass is 9.58. The normalized spacial score (nSPS) is 28.5. The number of ketones is 2. The molecule has 194 valence electrons. The number of allylic oxidation sites excluding steroid dienone is 1. The number of rotatable bonds is 3. The maximum Gasteiger partial charge on any atom is 0.416 e. The molecule has 0 aromatic heterocycles. The molecule has 0 aliphatic heterocycles. The number of nitrogens with one attached hydrogen (secondary N) is 1. The minimum absolute atomic E-state index is 0.570. The van der Waals surface area contributed by atoms with Crippen LogP contribution < -0.4 is 10.5 Å². The van der Waals surface area contributed by atoms with Gasteiger partial charge in [0.15, 0.2) is 11.4 Å². The number of hydrogen-bond acceptors (Lipinski definition) is 9. The summed E-state index contributed by atoms with van der Waals surface area (Å²) in [6.07, 6.45) is -5.44. The van der Waals surface area contributed by atoms with Crippen LogP contribution in [0.15, 0.2) is 34.8 Å². The molecule has 0 bridgehead atoms. The van der Waals surface area contributed by atoms with Crippen LogP contribution >= 0.6 is 0 Å². The summed E-state index contributed by atoms with van der Waals surface area (Å²) < 4.78 is 66.7. The van der Waals surface area contributed by atoms with E-state index in [1.54, 1.807) is 0 Å². The third-order valence-corrected chi connectivity index (χ3v) is 7.41. The number of aliphatic hydroxyl groups is 3. The Bertz CT molecular complexity index is 1410. The zero-order chi connectivity index (χ0) is 27.1. The van der Waals surface area contributed by atoms with E-state index < -0.39 is 115 Å². The Hall–Kier alpha value is -3.43. The quantitative estimate of drug-likeness (QED) is 0.292. The summed E-state index contributed by atoms with van der Waals surface area (Å²) in [7, 11) is -4.20. The zero-order valence-corrected chi connectivity index (χ0v) is 19.1. The van der Waals surface area contributed by atoms with Crippen LogP contribution in [0.2, 0.25) is 0 Å². The molecule has 1 aromatic carbocycles. The second kappa shape index (κ2) is 7.78. The summed E-state index contributed by atoms with van der Waals surface area (Å²) in [4.78, 5) is 38.2. The number of phenolic OH excluding ortho intramolecular Hbond substituents is 1. The van der Waals surface area contributed by atoms with Crippen LogP contribution in [0, 0.1) is 11.8 Å². The SMILES string of the molecule is CS(=O)(=O)N[C@@H]1C(O)=C(C(N)=O)C(=O)[C@@]2(O)C(O)=C3C(=O)c4c(O)ccc(C(F)(F)F)c4C[C@H]3C[C@@H]12. The maximum absolute atomic E-state index is 13.6. The average Bonchev–Trinajstić information content (AvgIpc) is 2.71. The van der Waals surface area contributed by atoms with Gasteiger partial charge >= 0.3 is 6.18 Å². The molecule has 0 unspecified atom stereocenters. The van der Waals surface area contributed by atoms with Crippen molar-refractivity contribution in [1.82, 2.24) is 4.72 Å². The smallest absolute Gasteiger partial charge is 0.416 e. The number of aromatic hydroxyl groups is 1. The van der Waals surface area contributed by atoms with Gasteiger partial charge in [-0.15, -0.1) is 0 Å². The number of nitrogens with two attached hydrogens (primary N) is 1. The predicted octanol–water partition coefficient (Wildman–Crippen LogP) is 0.127. The topological polar surface area (TPSA) is 204 Å². The number of Topliss-reactive ketones (excluding diaryl/α,β-unsaturated/α-hetero) is 2. The average molecular weight is 532 g/mol. The molecule has 3 aliphatic carbocycles. The number of amides is 1. The van der Waals surface area contributed by atoms with Crippen LogP contribution in [-0.2, 0) is 32.2 Å². The number of sulfonamides is 1. The monoisotopic (exact) mass is 532 g/mol. The van der Waals surface area contributed by atoms with Crippen LogP contribution in [0.3, 0.4) is 0 Å². The Morgan fingerprint density at radius 2 is 1.81 bits per heavy atom. The van der Waals surface area contributed by atoms with E-state index in [0.29, 0.717) is 18.4 Å². The molecule has 0 heterocycles. The van der Waals surface area contributed by atoms with Gasteiger partial charge in [-0.05, 0) is 36.5 Å². The Morgan fingerprint density at radius 3 is 2.33 bits per heavy atom. The lowest BCUT2D eigenvalue weighted by Gasteiger charge is -2.48. The van der Waals surface area contributed by atoms with Crippen molar-refractivity contribution in [2.75, 3.05) is 6.26 Å². The molecule has 0 spiro atoms. The highest BCUT2D eigenvalue weighted by Crippen LogP contribution is 2.52. The van der Waals surface area contributed by atoms with Gasteiger partial charge in [-0.3, -0.25) is 14.4 Å². The maximum atomic E-state index is 13.6. The van der Waals surface area contributed by atoms with E-state index >= 15 is 0 Å². The molecule has 0 fully saturated rings. The standard InChI is InChI=1S/C21H19F3N2O9S/c1-36(34,35)26-14-9-5-6-4-7-8(21(22,23)24)2-3-10(27)12(7)15(28)11(6)17(30)20(9,33)18(31)13(16(14)29)19(25)32/h2-3,6,9,14,26-27,29-30,33H,4-5H2,1H3,(H2,25,32)/t6-,9-,14-,20-/m0/s1. The summed E-state index contributed by atoms with van der Waals surface area (Å²) >= 11 is 0. The van der Waals surface area contributed by atoms with Crippen molar-refractivity contribution in [1.29, 1.82) is 0 Å². The van der Waals surface area contributed by atoms with Crippen molar-refractivity contribution in [3.8, 4) is 5.75 Å². The van der Waals surface area contributed by atoms with E-state index in [-0.39, 0.29) is 0 Å². The van der Waals surface area contributed by atoms with E-state index in [1.165, 1.54) is 0 Å².